The van der Waals surface area contributed by atoms with E-state index in [4.69, 9.17) is 0 Å². The molecule has 2 aromatic rings. The maximum Gasteiger partial charge on any atom is 0.348 e. The van der Waals surface area contributed by atoms with Crippen LogP contribution in [-0.4, -0.2) is 9.55 Å². The molecular formula is C12H22N3+. The second-order valence-electron chi connectivity index (χ2n) is 2.68. The van der Waals surface area contributed by atoms with E-state index in [1.807, 2.05) is 69.5 Å². The molecule has 2 rings (SSSR count). The van der Waals surface area contributed by atoms with Crippen LogP contribution in [-0.2, 0) is 14.1 Å². The number of aromatic nitrogens is 3. The Hall–Kier alpha value is -1.38. The second kappa shape index (κ2) is 6.98. The Morgan fingerprint density at radius 2 is 1.80 bits per heavy atom. The molecule has 0 unspecified atom stereocenters. The number of hydrogen-bond acceptors (Lipinski definition) is 1. The van der Waals surface area contributed by atoms with Gasteiger partial charge in [-0.3, -0.25) is 0 Å². The van der Waals surface area contributed by atoms with Gasteiger partial charge in [-0.25, -0.2) is 4.57 Å². The summed E-state index contributed by atoms with van der Waals surface area (Å²) in [6.07, 6.45) is 3.82. The normalized spacial score (nSPS) is 8.67. The first-order valence-electron chi connectivity index (χ1n) is 5.55. The number of pyridine rings is 1. The van der Waals surface area contributed by atoms with Crippen molar-refractivity contribution in [3.8, 4) is 0 Å². The molecule has 0 aliphatic carbocycles. The summed E-state index contributed by atoms with van der Waals surface area (Å²) in [7, 11) is 3.99. The SMILES string of the molecule is CC.CC.Cn1cnc2c1ccc[n+]2C. The largest absolute Gasteiger partial charge is 0.348 e. The van der Waals surface area contributed by atoms with Crippen molar-refractivity contribution in [1.82, 2.24) is 9.55 Å². The molecule has 0 radical (unpaired) electrons. The van der Waals surface area contributed by atoms with Crippen LogP contribution >= 0.6 is 0 Å². The highest BCUT2D eigenvalue weighted by Crippen LogP contribution is 2.03. The lowest BCUT2D eigenvalue weighted by atomic mass is 10.4. The van der Waals surface area contributed by atoms with Gasteiger partial charge in [-0.05, 0) is 17.1 Å². The zero-order chi connectivity index (χ0) is 11.8. The molecule has 0 aliphatic rings. The maximum absolute atomic E-state index is 4.24. The predicted molar refractivity (Wildman–Crippen MR) is 64.6 cm³/mol. The fraction of sp³-hybridized carbons (Fsp3) is 0.500. The van der Waals surface area contributed by atoms with Crippen LogP contribution < -0.4 is 4.57 Å². The molecule has 0 amide bonds. The summed E-state index contributed by atoms with van der Waals surface area (Å²) in [5, 5.41) is 0. The third-order valence-electron chi connectivity index (χ3n) is 1.86. The minimum absolute atomic E-state index is 1.02. The molecule has 0 aromatic carbocycles. The van der Waals surface area contributed by atoms with Gasteiger partial charge in [-0.15, -0.1) is 0 Å². The summed E-state index contributed by atoms with van der Waals surface area (Å²) < 4.78 is 4.02. The number of nitrogens with zero attached hydrogens (tertiary/aromatic N) is 3. The summed E-state index contributed by atoms with van der Waals surface area (Å²) in [5.74, 6) is 0. The van der Waals surface area contributed by atoms with Crippen LogP contribution in [0.5, 0.6) is 0 Å². The summed E-state index contributed by atoms with van der Waals surface area (Å²) in [6, 6.07) is 4.08. The minimum Gasteiger partial charge on any atom is -0.308 e. The first-order valence-corrected chi connectivity index (χ1v) is 5.55. The molecule has 0 atom stereocenters. The van der Waals surface area contributed by atoms with Crippen LogP contribution in [0, 0.1) is 0 Å². The van der Waals surface area contributed by atoms with Gasteiger partial charge in [0.25, 0.3) is 0 Å². The van der Waals surface area contributed by atoms with Crippen LogP contribution in [0.4, 0.5) is 0 Å². The van der Waals surface area contributed by atoms with E-state index in [9.17, 15) is 0 Å². The van der Waals surface area contributed by atoms with Crippen LogP contribution in [0.2, 0.25) is 0 Å². The van der Waals surface area contributed by atoms with Gasteiger partial charge in [0, 0.05) is 7.05 Å². The molecule has 0 fully saturated rings. The Labute approximate surface area is 92.4 Å². The minimum atomic E-state index is 1.02. The van der Waals surface area contributed by atoms with E-state index in [0.717, 1.165) is 11.2 Å². The van der Waals surface area contributed by atoms with Crippen molar-refractivity contribution in [2.24, 2.45) is 14.1 Å². The van der Waals surface area contributed by atoms with E-state index in [-0.39, 0.29) is 0 Å². The molecule has 3 heteroatoms. The summed E-state index contributed by atoms with van der Waals surface area (Å²) in [6.45, 7) is 8.00. The van der Waals surface area contributed by atoms with Gasteiger partial charge < -0.3 is 4.57 Å². The highest BCUT2D eigenvalue weighted by atomic mass is 15.1. The van der Waals surface area contributed by atoms with Crippen LogP contribution in [0.3, 0.4) is 0 Å². The van der Waals surface area contributed by atoms with Gasteiger partial charge in [0.05, 0.1) is 13.2 Å². The molecule has 0 saturated carbocycles. The molecule has 3 nitrogen and oxygen atoms in total. The highest BCUT2D eigenvalue weighted by Gasteiger charge is 2.08. The van der Waals surface area contributed by atoms with E-state index in [1.54, 1.807) is 0 Å². The lowest BCUT2D eigenvalue weighted by Gasteiger charge is -1.90. The molecule has 0 saturated heterocycles. The molecule has 0 N–H and O–H groups in total. The van der Waals surface area contributed by atoms with E-state index in [2.05, 4.69) is 11.1 Å². The van der Waals surface area contributed by atoms with Gasteiger partial charge in [-0.1, -0.05) is 27.7 Å². The Bertz CT molecular complexity index is 391. The highest BCUT2D eigenvalue weighted by molar-refractivity contribution is 5.66. The average molecular weight is 208 g/mol. The Morgan fingerprint density at radius 1 is 1.20 bits per heavy atom. The van der Waals surface area contributed by atoms with Crippen molar-refractivity contribution in [3.63, 3.8) is 0 Å². The Morgan fingerprint density at radius 3 is 2.33 bits per heavy atom. The predicted octanol–water partition coefficient (Wildman–Crippen LogP) is 2.45. The molecule has 0 aliphatic heterocycles. The first kappa shape index (κ1) is 13.6. The number of rotatable bonds is 0. The van der Waals surface area contributed by atoms with Crippen LogP contribution in [0.15, 0.2) is 24.7 Å². The smallest absolute Gasteiger partial charge is 0.308 e. The topological polar surface area (TPSA) is 21.7 Å². The Balaban J connectivity index is 0.000000442. The van der Waals surface area contributed by atoms with Crippen molar-refractivity contribution in [1.29, 1.82) is 0 Å². The third kappa shape index (κ3) is 3.05. The zero-order valence-corrected chi connectivity index (χ0v) is 10.7. The summed E-state index contributed by atoms with van der Waals surface area (Å²) in [4.78, 5) is 4.24. The molecule has 2 heterocycles. The van der Waals surface area contributed by atoms with Crippen LogP contribution in [0.1, 0.15) is 27.7 Å². The van der Waals surface area contributed by atoms with Crippen molar-refractivity contribution >= 4 is 11.2 Å². The summed E-state index contributed by atoms with van der Waals surface area (Å²) in [5.41, 5.74) is 2.19. The van der Waals surface area contributed by atoms with Crippen molar-refractivity contribution in [2.45, 2.75) is 27.7 Å². The molecule has 15 heavy (non-hydrogen) atoms. The maximum atomic E-state index is 4.24. The van der Waals surface area contributed by atoms with E-state index in [0.29, 0.717) is 0 Å². The molecule has 2 aromatic heterocycles. The fourth-order valence-corrected chi connectivity index (χ4v) is 1.23. The van der Waals surface area contributed by atoms with Crippen molar-refractivity contribution in [3.05, 3.63) is 24.7 Å². The van der Waals surface area contributed by atoms with Gasteiger partial charge in [0.2, 0.25) is 6.33 Å². The summed E-state index contributed by atoms with van der Waals surface area (Å²) >= 11 is 0. The van der Waals surface area contributed by atoms with Crippen LogP contribution in [0.25, 0.3) is 11.2 Å². The van der Waals surface area contributed by atoms with Gasteiger partial charge in [-0.2, -0.15) is 0 Å². The lowest BCUT2D eigenvalue weighted by Crippen LogP contribution is -2.28. The van der Waals surface area contributed by atoms with E-state index in [1.165, 1.54) is 0 Å². The average Bonchev–Trinajstić information content (AvgIpc) is 2.68. The molecular weight excluding hydrogens is 186 g/mol. The fourth-order valence-electron chi connectivity index (χ4n) is 1.23. The number of fused-ring (bicyclic) bond motifs is 1. The monoisotopic (exact) mass is 208 g/mol. The standard InChI is InChI=1S/C8H10N3.2C2H6/c1-10-5-3-4-7-8(10)9-6-11(7)2;2*1-2/h3-6H,1-2H3;2*1-2H3/q+1;;. The zero-order valence-electron chi connectivity index (χ0n) is 10.7. The quantitative estimate of drug-likeness (QED) is 0.609. The van der Waals surface area contributed by atoms with Gasteiger partial charge in [0.1, 0.15) is 5.52 Å². The molecule has 0 spiro atoms. The van der Waals surface area contributed by atoms with E-state index < -0.39 is 0 Å². The lowest BCUT2D eigenvalue weighted by molar-refractivity contribution is -0.646. The van der Waals surface area contributed by atoms with Crippen molar-refractivity contribution in [2.75, 3.05) is 0 Å². The van der Waals surface area contributed by atoms with Crippen molar-refractivity contribution < 1.29 is 4.57 Å². The number of imidazole rings is 1. The third-order valence-corrected chi connectivity index (χ3v) is 1.86. The molecule has 84 valence electrons. The Kier molecular flexibility index (Phi) is 6.34. The van der Waals surface area contributed by atoms with Gasteiger partial charge >= 0.3 is 5.65 Å². The number of hydrogen-bond donors (Lipinski definition) is 0. The second-order valence-corrected chi connectivity index (χ2v) is 2.68. The van der Waals surface area contributed by atoms with E-state index >= 15 is 0 Å². The van der Waals surface area contributed by atoms with Gasteiger partial charge in [0.15, 0.2) is 0 Å². The number of aryl methyl sites for hydroxylation is 2. The molecule has 0 bridgehead atoms. The first-order chi connectivity index (χ1) is 7.29.